The monoisotopic (exact) mass is 423 g/mol. The second-order valence-electron chi connectivity index (χ2n) is 8.48. The fraction of sp³-hybridized carbons (Fsp3) is 0.348. The van der Waals surface area contributed by atoms with Gasteiger partial charge in [-0.3, -0.25) is 9.78 Å². The molecule has 1 aliphatic rings. The van der Waals surface area contributed by atoms with E-state index in [1.54, 1.807) is 36.5 Å². The molecule has 1 unspecified atom stereocenters. The minimum Gasteiger partial charge on any atom is -0.456 e. The van der Waals surface area contributed by atoms with Crippen LogP contribution >= 0.6 is 11.9 Å². The molecule has 0 radical (unpaired) electrons. The van der Waals surface area contributed by atoms with Crippen LogP contribution in [0, 0.1) is 12.8 Å². The first kappa shape index (κ1) is 20.5. The van der Waals surface area contributed by atoms with Gasteiger partial charge in [0.15, 0.2) is 5.78 Å². The van der Waals surface area contributed by atoms with Crippen LogP contribution in [-0.4, -0.2) is 39.6 Å². The zero-order chi connectivity index (χ0) is 21.5. The minimum atomic E-state index is -0.610. The highest BCUT2D eigenvalue weighted by atomic mass is 32.2. The van der Waals surface area contributed by atoms with E-state index < -0.39 is 11.6 Å². The Balaban J connectivity index is 1.68. The second kappa shape index (κ2) is 7.80. The number of anilines is 1. The van der Waals surface area contributed by atoms with E-state index in [2.05, 4.69) is 14.3 Å². The highest BCUT2D eigenvalue weighted by molar-refractivity contribution is 8.00. The molecule has 6 nitrogen and oxygen atoms in total. The number of nitrogens with one attached hydrogen (secondary N) is 1. The maximum Gasteiger partial charge on any atom is 0.339 e. The number of ether oxygens (including phenoxy) is 1. The first-order valence-electron chi connectivity index (χ1n) is 9.94. The summed E-state index contributed by atoms with van der Waals surface area (Å²) in [6.07, 6.45) is 3.54. The van der Waals surface area contributed by atoms with Gasteiger partial charge in [0.25, 0.3) is 0 Å². The van der Waals surface area contributed by atoms with Crippen LogP contribution in [0.4, 0.5) is 5.69 Å². The van der Waals surface area contributed by atoms with Gasteiger partial charge in [0.1, 0.15) is 5.60 Å². The van der Waals surface area contributed by atoms with Crippen LogP contribution in [0.25, 0.3) is 10.9 Å². The summed E-state index contributed by atoms with van der Waals surface area (Å²) in [6, 6.07) is 9.30. The number of rotatable bonds is 4. The van der Waals surface area contributed by atoms with Gasteiger partial charge in [0.2, 0.25) is 0 Å². The third kappa shape index (κ3) is 3.94. The van der Waals surface area contributed by atoms with Crippen molar-refractivity contribution < 1.29 is 14.3 Å². The summed E-state index contributed by atoms with van der Waals surface area (Å²) in [5.74, 6) is 0.154. The number of pyridine rings is 1. The van der Waals surface area contributed by atoms with Crippen molar-refractivity contribution in [1.82, 2.24) is 9.97 Å². The van der Waals surface area contributed by atoms with Gasteiger partial charge in [-0.2, -0.15) is 0 Å². The van der Waals surface area contributed by atoms with Crippen molar-refractivity contribution in [2.75, 3.05) is 16.6 Å². The standard InChI is InChI=1S/C23H25N3O3S/c1-14-19(21(27)15-12-26(30-13-15)16-7-6-10-24-11-16)20-17(8-5-9-18(20)25-14)22(28)29-23(2,3)4/h5-11,15,25H,12-13H2,1-4H3. The number of aromatic nitrogens is 2. The minimum absolute atomic E-state index is 0.0497. The molecule has 2 aromatic heterocycles. The molecule has 30 heavy (non-hydrogen) atoms. The zero-order valence-electron chi connectivity index (χ0n) is 17.6. The van der Waals surface area contributed by atoms with Gasteiger partial charge < -0.3 is 14.0 Å². The average molecular weight is 424 g/mol. The predicted octanol–water partition coefficient (Wildman–Crippen LogP) is 4.79. The number of carbonyl (C=O) groups excluding carboxylic acids is 2. The Labute approximate surface area is 180 Å². The van der Waals surface area contributed by atoms with E-state index in [0.717, 1.165) is 16.9 Å². The van der Waals surface area contributed by atoms with Crippen LogP contribution in [0.1, 0.15) is 47.2 Å². The lowest BCUT2D eigenvalue weighted by Gasteiger charge is -2.20. The van der Waals surface area contributed by atoms with Crippen molar-refractivity contribution in [2.45, 2.75) is 33.3 Å². The Bertz CT molecular complexity index is 1100. The highest BCUT2D eigenvalue weighted by Crippen LogP contribution is 2.35. The number of nitrogens with zero attached hydrogens (tertiary/aromatic N) is 2. The first-order chi connectivity index (χ1) is 14.2. The molecule has 0 spiro atoms. The summed E-state index contributed by atoms with van der Waals surface area (Å²) >= 11 is 1.63. The van der Waals surface area contributed by atoms with Crippen LogP contribution in [-0.2, 0) is 4.74 Å². The first-order valence-corrected chi connectivity index (χ1v) is 10.9. The Kier molecular flexibility index (Phi) is 5.32. The molecule has 1 atom stereocenters. The topological polar surface area (TPSA) is 75.3 Å². The Morgan fingerprint density at radius 2 is 2.03 bits per heavy atom. The molecular formula is C23H25N3O3S. The molecule has 3 heterocycles. The molecule has 156 valence electrons. The average Bonchev–Trinajstić information content (AvgIpc) is 3.31. The van der Waals surface area contributed by atoms with E-state index >= 15 is 0 Å². The van der Waals surface area contributed by atoms with Crippen molar-refractivity contribution in [1.29, 1.82) is 0 Å². The summed E-state index contributed by atoms with van der Waals surface area (Å²) in [5.41, 5.74) is 2.93. The van der Waals surface area contributed by atoms with Gasteiger partial charge in [-0.15, -0.1) is 0 Å². The molecule has 1 aromatic carbocycles. The molecule has 1 N–H and O–H groups in total. The van der Waals surface area contributed by atoms with Gasteiger partial charge in [-0.25, -0.2) is 4.79 Å². The summed E-state index contributed by atoms with van der Waals surface area (Å²) in [4.78, 5) is 33.8. The van der Waals surface area contributed by atoms with Crippen molar-refractivity contribution >= 4 is 40.3 Å². The lowest BCUT2D eigenvalue weighted by Crippen LogP contribution is -2.25. The summed E-state index contributed by atoms with van der Waals surface area (Å²) in [6.45, 7) is 8.00. The molecule has 0 saturated carbocycles. The number of Topliss-reactive ketones (excluding diaryl/α,β-unsaturated/α-hetero) is 1. The van der Waals surface area contributed by atoms with E-state index in [9.17, 15) is 9.59 Å². The highest BCUT2D eigenvalue weighted by Gasteiger charge is 2.34. The van der Waals surface area contributed by atoms with Gasteiger partial charge in [-0.1, -0.05) is 6.07 Å². The van der Waals surface area contributed by atoms with E-state index in [0.29, 0.717) is 28.8 Å². The van der Waals surface area contributed by atoms with Crippen molar-refractivity contribution in [2.24, 2.45) is 5.92 Å². The molecule has 7 heteroatoms. The van der Waals surface area contributed by atoms with Crippen LogP contribution in [0.2, 0.25) is 0 Å². The van der Waals surface area contributed by atoms with Crippen LogP contribution < -0.4 is 4.31 Å². The number of carbonyl (C=O) groups is 2. The molecule has 0 amide bonds. The summed E-state index contributed by atoms with van der Waals surface area (Å²) in [5, 5.41) is 0.652. The molecule has 0 aliphatic carbocycles. The lowest BCUT2D eigenvalue weighted by molar-refractivity contribution is 0.00718. The van der Waals surface area contributed by atoms with Crippen LogP contribution in [0.15, 0.2) is 42.7 Å². The Hall–Kier alpha value is -2.80. The van der Waals surface area contributed by atoms with E-state index in [1.165, 1.54) is 0 Å². The fourth-order valence-corrected chi connectivity index (χ4v) is 4.88. The normalized spacial score (nSPS) is 16.8. The van der Waals surface area contributed by atoms with Crippen molar-refractivity contribution in [3.8, 4) is 0 Å². The lowest BCUT2D eigenvalue weighted by atomic mass is 9.94. The predicted molar refractivity (Wildman–Crippen MR) is 120 cm³/mol. The quantitative estimate of drug-likeness (QED) is 0.369. The molecule has 4 rings (SSSR count). The number of fused-ring (bicyclic) bond motifs is 1. The largest absolute Gasteiger partial charge is 0.456 e. The Morgan fingerprint density at radius 3 is 2.73 bits per heavy atom. The molecule has 1 saturated heterocycles. The smallest absolute Gasteiger partial charge is 0.339 e. The van der Waals surface area contributed by atoms with Crippen molar-refractivity contribution in [3.05, 3.63) is 59.5 Å². The summed E-state index contributed by atoms with van der Waals surface area (Å²) < 4.78 is 7.70. The van der Waals surface area contributed by atoms with E-state index in [-0.39, 0.29) is 11.7 Å². The molecule has 1 fully saturated rings. The van der Waals surface area contributed by atoms with Crippen LogP contribution in [0.3, 0.4) is 0 Å². The number of ketones is 1. The maximum atomic E-state index is 13.6. The molecule has 0 bridgehead atoms. The van der Waals surface area contributed by atoms with Crippen LogP contribution in [0.5, 0.6) is 0 Å². The third-order valence-corrected chi connectivity index (χ3v) is 6.22. The number of hydrogen-bond donors (Lipinski definition) is 1. The van der Waals surface area contributed by atoms with Gasteiger partial charge in [0, 0.05) is 40.7 Å². The molecule has 3 aromatic rings. The Morgan fingerprint density at radius 1 is 1.23 bits per heavy atom. The molecule has 1 aliphatic heterocycles. The SMILES string of the molecule is Cc1[nH]c2cccc(C(=O)OC(C)(C)C)c2c1C(=O)C1CSN(c2cccnc2)C1. The number of aryl methyl sites for hydroxylation is 1. The summed E-state index contributed by atoms with van der Waals surface area (Å²) in [7, 11) is 0. The fourth-order valence-electron chi connectivity index (χ4n) is 3.72. The van der Waals surface area contributed by atoms with Gasteiger partial charge in [0.05, 0.1) is 23.4 Å². The third-order valence-electron chi connectivity index (χ3n) is 5.00. The van der Waals surface area contributed by atoms with Crippen molar-refractivity contribution in [3.63, 3.8) is 0 Å². The number of esters is 1. The number of aromatic amines is 1. The number of benzene rings is 1. The molecular weight excluding hydrogens is 398 g/mol. The van der Waals surface area contributed by atoms with Gasteiger partial charge >= 0.3 is 5.97 Å². The zero-order valence-corrected chi connectivity index (χ0v) is 18.4. The van der Waals surface area contributed by atoms with E-state index in [1.807, 2.05) is 45.9 Å². The van der Waals surface area contributed by atoms with Gasteiger partial charge in [-0.05, 0) is 63.9 Å². The second-order valence-corrected chi connectivity index (χ2v) is 9.52. The van der Waals surface area contributed by atoms with E-state index in [4.69, 9.17) is 4.74 Å². The maximum absolute atomic E-state index is 13.6. The number of H-pyrrole nitrogens is 1. The number of hydrogen-bond acceptors (Lipinski definition) is 6.